The summed E-state index contributed by atoms with van der Waals surface area (Å²) in [5.74, 6) is 0.624. The number of hydrogen-bond donors (Lipinski definition) is 1. The highest BCUT2D eigenvalue weighted by atomic mass is 28.3. The van der Waals surface area contributed by atoms with Crippen LogP contribution in [-0.4, -0.2) is 19.3 Å². The van der Waals surface area contributed by atoms with Gasteiger partial charge in [-0.15, -0.1) is 0 Å². The van der Waals surface area contributed by atoms with Gasteiger partial charge < -0.3 is 5.11 Å². The molecule has 0 heterocycles. The maximum Gasteiger partial charge on any atom is 0.0928 e. The molecule has 0 aliphatic heterocycles. The zero-order valence-corrected chi connectivity index (χ0v) is 16.2. The summed E-state index contributed by atoms with van der Waals surface area (Å²) in [7, 11) is -1.54. The summed E-state index contributed by atoms with van der Waals surface area (Å²) in [6.45, 7) is 16.5. The molecule has 0 fully saturated rings. The first-order chi connectivity index (χ1) is 9.71. The van der Waals surface area contributed by atoms with Crippen LogP contribution in [-0.2, 0) is 0 Å². The highest BCUT2D eigenvalue weighted by Crippen LogP contribution is 2.42. The van der Waals surface area contributed by atoms with Crippen molar-refractivity contribution in [1.82, 2.24) is 0 Å². The minimum absolute atomic E-state index is 0.365. The highest BCUT2D eigenvalue weighted by molar-refractivity contribution is 6.87. The highest BCUT2D eigenvalue weighted by Gasteiger charge is 2.40. The van der Waals surface area contributed by atoms with E-state index >= 15 is 0 Å². The lowest BCUT2D eigenvalue weighted by Gasteiger charge is -2.41. The Morgan fingerprint density at radius 3 is 2.05 bits per heavy atom. The Morgan fingerprint density at radius 1 is 1.10 bits per heavy atom. The average Bonchev–Trinajstić information content (AvgIpc) is 2.37. The Balaban J connectivity index is 2.97. The van der Waals surface area contributed by atoms with Gasteiger partial charge in [-0.3, -0.25) is 0 Å². The first-order valence-electron chi connectivity index (χ1n) is 8.79. The van der Waals surface area contributed by atoms with Crippen molar-refractivity contribution in [1.29, 1.82) is 0 Å². The zero-order valence-electron chi connectivity index (χ0n) is 15.2. The predicted molar refractivity (Wildman–Crippen MR) is 97.3 cm³/mol. The molecule has 1 nitrogen and oxygen atoms in total. The molecule has 2 atom stereocenters. The van der Waals surface area contributed by atoms with Gasteiger partial charge in [0.05, 0.1) is 14.2 Å². The fourth-order valence-electron chi connectivity index (χ4n) is 4.37. The molecule has 0 spiro atoms. The van der Waals surface area contributed by atoms with E-state index in [1.54, 1.807) is 0 Å². The van der Waals surface area contributed by atoms with Crippen molar-refractivity contribution in [2.75, 3.05) is 0 Å². The lowest BCUT2D eigenvalue weighted by molar-refractivity contribution is 0.249. The summed E-state index contributed by atoms with van der Waals surface area (Å²) >= 11 is 0. The van der Waals surface area contributed by atoms with Crippen LogP contribution in [0.15, 0.2) is 23.4 Å². The quantitative estimate of drug-likeness (QED) is 0.481. The van der Waals surface area contributed by atoms with Crippen LogP contribution in [0.1, 0.15) is 67.7 Å². The minimum atomic E-state index is -1.54. The second-order valence-corrected chi connectivity index (χ2v) is 13.7. The summed E-state index contributed by atoms with van der Waals surface area (Å²) in [6, 6.07) is 0. The first-order valence-corrected chi connectivity index (χ1v) is 11.1. The SMILES string of the molecule is CC1C=C(C(O)/C=C/[Si](C(C)C)(C(C)C)C(C)C)CCC1. The van der Waals surface area contributed by atoms with E-state index in [1.165, 1.54) is 18.4 Å². The molecule has 1 rings (SSSR count). The minimum Gasteiger partial charge on any atom is -0.385 e. The van der Waals surface area contributed by atoms with Gasteiger partial charge in [0.15, 0.2) is 0 Å². The maximum absolute atomic E-state index is 10.6. The smallest absolute Gasteiger partial charge is 0.0928 e. The molecule has 2 heteroatoms. The Kier molecular flexibility index (Phi) is 6.93. The Bertz CT molecular complexity index is 357. The Hall–Kier alpha value is -0.343. The van der Waals surface area contributed by atoms with Gasteiger partial charge in [-0.25, -0.2) is 0 Å². The van der Waals surface area contributed by atoms with Gasteiger partial charge in [0, 0.05) is 0 Å². The molecule has 1 N–H and O–H groups in total. The standard InChI is InChI=1S/C19H36OSi/c1-14(2)21(15(3)4,16(5)6)12-11-19(20)18-10-8-9-17(7)13-18/h11-17,19-20H,8-10H2,1-7H3/b12-11+. The lowest BCUT2D eigenvalue weighted by atomic mass is 9.89. The van der Waals surface area contributed by atoms with Crippen molar-refractivity contribution >= 4 is 8.07 Å². The van der Waals surface area contributed by atoms with Gasteiger partial charge in [-0.2, -0.15) is 0 Å². The number of rotatable bonds is 6. The van der Waals surface area contributed by atoms with Crippen molar-refractivity contribution in [3.05, 3.63) is 23.4 Å². The summed E-state index contributed by atoms with van der Waals surface area (Å²) in [5.41, 5.74) is 5.82. The second kappa shape index (κ2) is 7.78. The number of allylic oxidation sites excluding steroid dienone is 1. The largest absolute Gasteiger partial charge is 0.385 e. The molecular weight excluding hydrogens is 272 g/mol. The topological polar surface area (TPSA) is 20.2 Å². The van der Waals surface area contributed by atoms with Crippen LogP contribution < -0.4 is 0 Å². The van der Waals surface area contributed by atoms with Gasteiger partial charge in [0.2, 0.25) is 0 Å². The monoisotopic (exact) mass is 308 g/mol. The molecule has 1 aliphatic rings. The third kappa shape index (κ3) is 4.32. The second-order valence-electron chi connectivity index (χ2n) is 7.88. The molecular formula is C19H36OSi. The molecule has 0 aromatic carbocycles. The van der Waals surface area contributed by atoms with E-state index in [4.69, 9.17) is 0 Å². The van der Waals surface area contributed by atoms with Crippen LogP contribution in [0.2, 0.25) is 16.6 Å². The van der Waals surface area contributed by atoms with Crippen molar-refractivity contribution < 1.29 is 5.11 Å². The fourth-order valence-corrected chi connectivity index (χ4v) is 10.0. The van der Waals surface area contributed by atoms with Gasteiger partial charge in [0.1, 0.15) is 0 Å². The van der Waals surface area contributed by atoms with Crippen molar-refractivity contribution in [2.45, 2.75) is 90.5 Å². The van der Waals surface area contributed by atoms with Crippen molar-refractivity contribution in [3.63, 3.8) is 0 Å². The van der Waals surface area contributed by atoms with E-state index < -0.39 is 8.07 Å². The van der Waals surface area contributed by atoms with E-state index in [1.807, 2.05) is 0 Å². The van der Waals surface area contributed by atoms with Gasteiger partial charge in [-0.1, -0.05) is 66.3 Å². The molecule has 1 aliphatic carbocycles. The average molecular weight is 309 g/mol. The van der Waals surface area contributed by atoms with E-state index in [-0.39, 0.29) is 6.10 Å². The van der Waals surface area contributed by atoms with Crippen LogP contribution in [0.3, 0.4) is 0 Å². The molecule has 0 bridgehead atoms. The number of aliphatic hydroxyl groups excluding tert-OH is 1. The molecule has 0 aromatic rings. The van der Waals surface area contributed by atoms with Gasteiger partial charge >= 0.3 is 0 Å². The van der Waals surface area contributed by atoms with Crippen LogP contribution in [0.4, 0.5) is 0 Å². The number of hydrogen-bond acceptors (Lipinski definition) is 1. The van der Waals surface area contributed by atoms with E-state index in [0.29, 0.717) is 22.5 Å². The van der Waals surface area contributed by atoms with Crippen molar-refractivity contribution in [3.8, 4) is 0 Å². The van der Waals surface area contributed by atoms with E-state index in [9.17, 15) is 5.11 Å². The maximum atomic E-state index is 10.6. The summed E-state index contributed by atoms with van der Waals surface area (Å²) in [4.78, 5) is 0. The molecule has 2 unspecified atom stereocenters. The van der Waals surface area contributed by atoms with Crippen molar-refractivity contribution in [2.24, 2.45) is 5.92 Å². The summed E-state index contributed by atoms with van der Waals surface area (Å²) in [5, 5.41) is 10.6. The molecule has 0 radical (unpaired) electrons. The Morgan fingerprint density at radius 2 is 1.62 bits per heavy atom. The summed E-state index contributed by atoms with van der Waals surface area (Å²) < 4.78 is 0. The first kappa shape index (κ1) is 18.7. The molecule has 0 aromatic heterocycles. The van der Waals surface area contributed by atoms with E-state index in [2.05, 4.69) is 66.3 Å². The molecule has 0 amide bonds. The Labute approximate surface area is 133 Å². The molecule has 122 valence electrons. The van der Waals surface area contributed by atoms with Crippen LogP contribution >= 0.6 is 0 Å². The van der Waals surface area contributed by atoms with Gasteiger partial charge in [-0.05, 0) is 47.4 Å². The third-order valence-electron chi connectivity index (χ3n) is 5.57. The van der Waals surface area contributed by atoms with Crippen LogP contribution in [0, 0.1) is 5.92 Å². The van der Waals surface area contributed by atoms with Crippen LogP contribution in [0.5, 0.6) is 0 Å². The summed E-state index contributed by atoms with van der Waals surface area (Å²) in [6.07, 6.45) is 7.60. The predicted octanol–water partition coefficient (Wildman–Crippen LogP) is 5.87. The number of aliphatic hydroxyl groups is 1. The fraction of sp³-hybridized carbons (Fsp3) is 0.789. The molecule has 0 saturated carbocycles. The zero-order chi connectivity index (χ0) is 16.2. The lowest BCUT2D eigenvalue weighted by Crippen LogP contribution is -2.43. The van der Waals surface area contributed by atoms with Crippen LogP contribution in [0.25, 0.3) is 0 Å². The normalized spacial score (nSPS) is 22.4. The molecule has 0 saturated heterocycles. The van der Waals surface area contributed by atoms with E-state index in [0.717, 1.165) is 6.42 Å². The van der Waals surface area contributed by atoms with Gasteiger partial charge in [0.25, 0.3) is 0 Å². The third-order valence-corrected chi connectivity index (χ3v) is 12.3. The molecule has 21 heavy (non-hydrogen) atoms.